The van der Waals surface area contributed by atoms with Gasteiger partial charge in [0, 0.05) is 35.3 Å². The van der Waals surface area contributed by atoms with E-state index >= 15 is 0 Å². The van der Waals surface area contributed by atoms with Crippen LogP contribution in [0, 0.1) is 0 Å². The summed E-state index contributed by atoms with van der Waals surface area (Å²) in [5, 5.41) is 10.3. The Labute approximate surface area is 169 Å². The molecule has 0 atom stereocenters. The van der Waals surface area contributed by atoms with Crippen LogP contribution in [0.15, 0.2) is 42.0 Å². The lowest BCUT2D eigenvalue weighted by molar-refractivity contribution is 0.0767. The highest BCUT2D eigenvalue weighted by Gasteiger charge is 2.29. The highest BCUT2D eigenvalue weighted by atomic mass is 35.5. The van der Waals surface area contributed by atoms with Crippen LogP contribution in [0.5, 0.6) is 0 Å². The molecule has 0 saturated carbocycles. The molecular weight excluding hydrogens is 381 g/mol. The second-order valence-corrected chi connectivity index (χ2v) is 8.01. The van der Waals surface area contributed by atoms with Gasteiger partial charge >= 0.3 is 0 Å². The van der Waals surface area contributed by atoms with Gasteiger partial charge in [0.2, 0.25) is 0 Å². The fraction of sp³-hybridized carbons (Fsp3) is 0.318. The number of carbonyl (C=O) groups excluding carboxylic acids is 1. The van der Waals surface area contributed by atoms with Gasteiger partial charge in [0.05, 0.1) is 0 Å². The van der Waals surface area contributed by atoms with Crippen LogP contribution in [0.1, 0.15) is 39.9 Å². The lowest BCUT2D eigenvalue weighted by atomic mass is 9.98. The van der Waals surface area contributed by atoms with E-state index in [-0.39, 0.29) is 12.5 Å². The quantitative estimate of drug-likeness (QED) is 0.800. The molecule has 0 aromatic heterocycles. The Morgan fingerprint density at radius 2 is 2.00 bits per heavy atom. The molecule has 1 N–H and O–H groups in total. The van der Waals surface area contributed by atoms with Crippen LogP contribution in [0.2, 0.25) is 10.0 Å². The topological polar surface area (TPSA) is 40.5 Å². The average Bonchev–Trinajstić information content (AvgIpc) is 3.03. The van der Waals surface area contributed by atoms with Crippen molar-refractivity contribution in [1.82, 2.24) is 4.90 Å². The van der Waals surface area contributed by atoms with E-state index in [1.165, 1.54) is 22.3 Å². The van der Waals surface area contributed by atoms with Crippen LogP contribution in [0.3, 0.4) is 0 Å². The number of carbonyl (C=O) groups is 1. The summed E-state index contributed by atoms with van der Waals surface area (Å²) in [6, 6.07) is 11.6. The molecule has 1 aliphatic heterocycles. The molecule has 1 aliphatic carbocycles. The minimum absolute atomic E-state index is 0.0196. The van der Waals surface area contributed by atoms with Crippen molar-refractivity contribution in [3.8, 4) is 0 Å². The van der Waals surface area contributed by atoms with Gasteiger partial charge in [-0.15, -0.1) is 0 Å². The molecule has 4 rings (SSSR count). The first-order valence-electron chi connectivity index (χ1n) is 9.25. The Bertz CT molecular complexity index is 936. The minimum atomic E-state index is 0.0196. The maximum Gasteiger partial charge on any atom is 0.254 e. The first kappa shape index (κ1) is 18.5. The average molecular weight is 402 g/mol. The molecule has 0 fully saturated rings. The molecule has 2 aliphatic rings. The fourth-order valence-corrected chi connectivity index (χ4v) is 4.49. The van der Waals surface area contributed by atoms with Crippen molar-refractivity contribution in [3.63, 3.8) is 0 Å². The van der Waals surface area contributed by atoms with Crippen molar-refractivity contribution in [3.05, 3.63) is 74.3 Å². The zero-order valence-corrected chi connectivity index (χ0v) is 16.5. The van der Waals surface area contributed by atoms with Crippen molar-refractivity contribution in [2.75, 3.05) is 19.7 Å². The molecule has 0 bridgehead atoms. The van der Waals surface area contributed by atoms with Gasteiger partial charge in [-0.3, -0.25) is 4.79 Å². The minimum Gasteiger partial charge on any atom is -0.396 e. The molecule has 5 heteroatoms. The van der Waals surface area contributed by atoms with Crippen LogP contribution < -0.4 is 0 Å². The number of hydrogen-bond acceptors (Lipinski definition) is 2. The largest absolute Gasteiger partial charge is 0.396 e. The van der Waals surface area contributed by atoms with E-state index in [4.69, 9.17) is 28.3 Å². The second-order valence-electron chi connectivity index (χ2n) is 7.17. The third-order valence-corrected chi connectivity index (χ3v) is 6.02. The van der Waals surface area contributed by atoms with E-state index < -0.39 is 0 Å². The van der Waals surface area contributed by atoms with Gasteiger partial charge < -0.3 is 10.0 Å². The number of amides is 1. The van der Waals surface area contributed by atoms with Crippen molar-refractivity contribution in [2.24, 2.45) is 0 Å². The molecule has 3 nitrogen and oxygen atoms in total. The number of hydrogen-bond donors (Lipinski definition) is 1. The summed E-state index contributed by atoms with van der Waals surface area (Å²) < 4.78 is 0. The molecule has 0 spiro atoms. The van der Waals surface area contributed by atoms with E-state index in [1.54, 1.807) is 6.07 Å². The van der Waals surface area contributed by atoms with E-state index in [0.29, 0.717) is 36.5 Å². The van der Waals surface area contributed by atoms with Crippen molar-refractivity contribution >= 4 is 34.7 Å². The van der Waals surface area contributed by atoms with E-state index in [1.807, 2.05) is 29.2 Å². The third-order valence-electron chi connectivity index (χ3n) is 5.43. The van der Waals surface area contributed by atoms with Crippen molar-refractivity contribution < 1.29 is 9.90 Å². The number of rotatable bonds is 4. The Balaban J connectivity index is 1.51. The van der Waals surface area contributed by atoms with Gasteiger partial charge in [0.1, 0.15) is 0 Å². The van der Waals surface area contributed by atoms with Crippen molar-refractivity contribution in [2.45, 2.75) is 25.7 Å². The first-order chi connectivity index (χ1) is 13.1. The standard InChI is InChI=1S/C22H21Cl2NO2/c23-18-6-5-15-10-17-13-25(8-7-19(17)20(15)12-18)22(27)16-4-3-14(2-1-9-26)21(24)11-16/h3-6,11-12,26H,1-2,7-10,13H2. The lowest BCUT2D eigenvalue weighted by Crippen LogP contribution is -2.36. The zero-order valence-electron chi connectivity index (χ0n) is 15.0. The van der Waals surface area contributed by atoms with Crippen LogP contribution in [-0.2, 0) is 12.8 Å². The Kier molecular flexibility index (Phi) is 5.27. The van der Waals surface area contributed by atoms with Crippen LogP contribution in [0.25, 0.3) is 5.57 Å². The van der Waals surface area contributed by atoms with Gasteiger partial charge in [-0.1, -0.05) is 35.3 Å². The molecule has 2 aromatic carbocycles. The number of nitrogens with zero attached hydrogens (tertiary/aromatic N) is 1. The molecular formula is C22H21Cl2NO2. The Morgan fingerprint density at radius 1 is 1.15 bits per heavy atom. The molecule has 2 aromatic rings. The Hall–Kier alpha value is -1.81. The van der Waals surface area contributed by atoms with Crippen LogP contribution in [0.4, 0.5) is 0 Å². The number of halogens is 2. The monoisotopic (exact) mass is 401 g/mol. The Morgan fingerprint density at radius 3 is 2.78 bits per heavy atom. The molecule has 0 radical (unpaired) electrons. The zero-order chi connectivity index (χ0) is 19.0. The predicted molar refractivity (Wildman–Crippen MR) is 109 cm³/mol. The van der Waals surface area contributed by atoms with Gasteiger partial charge in [-0.2, -0.15) is 0 Å². The summed E-state index contributed by atoms with van der Waals surface area (Å²) in [5.74, 6) is 0.0196. The molecule has 0 unspecified atom stereocenters. The summed E-state index contributed by atoms with van der Waals surface area (Å²) in [4.78, 5) is 14.9. The highest BCUT2D eigenvalue weighted by molar-refractivity contribution is 6.31. The molecule has 140 valence electrons. The normalized spacial score (nSPS) is 15.7. The third kappa shape index (κ3) is 3.64. The van der Waals surface area contributed by atoms with Gasteiger partial charge in [0.15, 0.2) is 0 Å². The molecule has 0 saturated heterocycles. The van der Waals surface area contributed by atoms with Gasteiger partial charge in [0.25, 0.3) is 5.91 Å². The number of fused-ring (bicyclic) bond motifs is 2. The van der Waals surface area contributed by atoms with Crippen molar-refractivity contribution in [1.29, 1.82) is 0 Å². The molecule has 1 heterocycles. The number of aryl methyl sites for hydroxylation is 1. The number of benzene rings is 2. The van der Waals surface area contributed by atoms with Crippen LogP contribution in [-0.4, -0.2) is 35.6 Å². The van der Waals surface area contributed by atoms with Crippen LogP contribution >= 0.6 is 23.2 Å². The fourth-order valence-electron chi connectivity index (χ4n) is 4.04. The second kappa shape index (κ2) is 7.67. The summed E-state index contributed by atoms with van der Waals surface area (Å²) in [7, 11) is 0. The molecule has 27 heavy (non-hydrogen) atoms. The summed E-state index contributed by atoms with van der Waals surface area (Å²) in [5.41, 5.74) is 6.81. The predicted octanol–water partition coefficient (Wildman–Crippen LogP) is 4.77. The lowest BCUT2D eigenvalue weighted by Gasteiger charge is -2.29. The summed E-state index contributed by atoms with van der Waals surface area (Å²) in [6.07, 6.45) is 3.13. The maximum atomic E-state index is 13.0. The smallest absolute Gasteiger partial charge is 0.254 e. The number of aliphatic hydroxyl groups is 1. The van der Waals surface area contributed by atoms with E-state index in [9.17, 15) is 4.79 Å². The van der Waals surface area contributed by atoms with E-state index in [2.05, 4.69) is 6.07 Å². The highest BCUT2D eigenvalue weighted by Crippen LogP contribution is 2.39. The van der Waals surface area contributed by atoms with E-state index in [0.717, 1.165) is 23.4 Å². The maximum absolute atomic E-state index is 13.0. The molecule has 1 amide bonds. The van der Waals surface area contributed by atoms with Gasteiger partial charge in [-0.05, 0) is 77.8 Å². The van der Waals surface area contributed by atoms with Gasteiger partial charge in [-0.25, -0.2) is 0 Å². The SMILES string of the molecule is O=C(c1ccc(CCCO)c(Cl)c1)N1CCC2=C(Cc3ccc(Cl)cc32)C1. The first-order valence-corrected chi connectivity index (χ1v) is 10.0. The summed E-state index contributed by atoms with van der Waals surface area (Å²) in [6.45, 7) is 1.49. The number of aliphatic hydroxyl groups excluding tert-OH is 1. The summed E-state index contributed by atoms with van der Waals surface area (Å²) >= 11 is 12.5.